The third-order valence-corrected chi connectivity index (χ3v) is 4.16. The Morgan fingerprint density at radius 1 is 1.19 bits per heavy atom. The average Bonchev–Trinajstić information content (AvgIpc) is 2.79. The monoisotopic (exact) mass is 219 g/mol. The third kappa shape index (κ3) is 1.64. The van der Waals surface area contributed by atoms with Crippen LogP contribution in [0.4, 0.5) is 0 Å². The number of nitrogens with one attached hydrogen (secondary N) is 1. The zero-order valence-electron chi connectivity index (χ0n) is 10.1. The van der Waals surface area contributed by atoms with Crippen molar-refractivity contribution < 1.29 is 4.74 Å². The van der Waals surface area contributed by atoms with Crippen LogP contribution < -0.4 is 5.32 Å². The highest BCUT2D eigenvalue weighted by molar-refractivity contribution is 5.51. The van der Waals surface area contributed by atoms with Crippen molar-refractivity contribution in [3.63, 3.8) is 0 Å². The fourth-order valence-corrected chi connectivity index (χ4v) is 3.46. The van der Waals surface area contributed by atoms with E-state index in [2.05, 4.69) is 5.32 Å². The standard InChI is InChI=1S/C14H21NO/c1-15-9-14-13-8-10-4-2-5-11(10)12(13)6-3-7-16-14/h14-15H,2-9H2,1H3. The smallest absolute Gasteiger partial charge is 0.0918 e. The van der Waals surface area contributed by atoms with E-state index >= 15 is 0 Å². The first-order valence-electron chi connectivity index (χ1n) is 6.59. The number of likely N-dealkylation sites (N-methyl/N-ethyl adjacent to an activating group) is 1. The molecule has 0 aromatic heterocycles. The molecule has 1 atom stereocenters. The highest BCUT2D eigenvalue weighted by Crippen LogP contribution is 2.46. The summed E-state index contributed by atoms with van der Waals surface area (Å²) in [6, 6.07) is 0. The number of fused-ring (bicyclic) bond motifs is 1. The van der Waals surface area contributed by atoms with Gasteiger partial charge in [-0.05, 0) is 62.3 Å². The van der Waals surface area contributed by atoms with Gasteiger partial charge in [0.25, 0.3) is 0 Å². The Hall–Kier alpha value is -0.600. The van der Waals surface area contributed by atoms with Crippen molar-refractivity contribution in [3.05, 3.63) is 22.3 Å². The molecule has 0 bridgehead atoms. The molecule has 0 spiro atoms. The summed E-state index contributed by atoms with van der Waals surface area (Å²) in [4.78, 5) is 0. The average molecular weight is 219 g/mol. The van der Waals surface area contributed by atoms with E-state index in [1.807, 2.05) is 7.05 Å². The number of hydrogen-bond donors (Lipinski definition) is 1. The maximum absolute atomic E-state index is 5.98. The molecular weight excluding hydrogens is 198 g/mol. The maximum Gasteiger partial charge on any atom is 0.0918 e. The molecular formula is C14H21NO. The van der Waals surface area contributed by atoms with Crippen LogP contribution in [0.3, 0.4) is 0 Å². The largest absolute Gasteiger partial charge is 0.372 e. The third-order valence-electron chi connectivity index (χ3n) is 4.16. The van der Waals surface area contributed by atoms with Gasteiger partial charge in [-0.3, -0.25) is 0 Å². The van der Waals surface area contributed by atoms with Crippen molar-refractivity contribution in [1.29, 1.82) is 0 Å². The Bertz CT molecular complexity index is 354. The van der Waals surface area contributed by atoms with E-state index < -0.39 is 0 Å². The normalized spacial score (nSPS) is 29.4. The molecule has 0 aromatic carbocycles. The first-order valence-corrected chi connectivity index (χ1v) is 6.59. The Labute approximate surface area is 97.8 Å². The topological polar surface area (TPSA) is 21.3 Å². The van der Waals surface area contributed by atoms with Gasteiger partial charge in [0.2, 0.25) is 0 Å². The van der Waals surface area contributed by atoms with Crippen molar-refractivity contribution in [2.45, 2.75) is 44.6 Å². The van der Waals surface area contributed by atoms with E-state index in [0.29, 0.717) is 6.10 Å². The van der Waals surface area contributed by atoms with Crippen LogP contribution in [0.1, 0.15) is 38.5 Å². The van der Waals surface area contributed by atoms with E-state index in [1.165, 1.54) is 38.5 Å². The second-order valence-electron chi connectivity index (χ2n) is 5.14. The van der Waals surface area contributed by atoms with Gasteiger partial charge in [-0.2, -0.15) is 0 Å². The molecule has 1 unspecified atom stereocenters. The lowest BCUT2D eigenvalue weighted by molar-refractivity contribution is 0.0806. The lowest BCUT2D eigenvalue weighted by Gasteiger charge is -2.19. The van der Waals surface area contributed by atoms with Gasteiger partial charge in [0, 0.05) is 13.2 Å². The van der Waals surface area contributed by atoms with Gasteiger partial charge in [-0.15, -0.1) is 0 Å². The summed E-state index contributed by atoms with van der Waals surface area (Å²) in [5, 5.41) is 3.27. The van der Waals surface area contributed by atoms with Crippen LogP contribution in [0.25, 0.3) is 0 Å². The highest BCUT2D eigenvalue weighted by atomic mass is 16.5. The summed E-state index contributed by atoms with van der Waals surface area (Å²) in [6.45, 7) is 1.90. The lowest BCUT2D eigenvalue weighted by Crippen LogP contribution is -2.28. The quantitative estimate of drug-likeness (QED) is 0.770. The summed E-state index contributed by atoms with van der Waals surface area (Å²) in [5.74, 6) is 0. The van der Waals surface area contributed by atoms with E-state index in [9.17, 15) is 0 Å². The molecule has 0 fully saturated rings. The summed E-state index contributed by atoms with van der Waals surface area (Å²) in [5.41, 5.74) is 6.75. The second kappa shape index (κ2) is 4.34. The molecule has 0 aromatic rings. The second-order valence-corrected chi connectivity index (χ2v) is 5.14. The van der Waals surface area contributed by atoms with E-state index in [0.717, 1.165) is 13.2 Å². The first-order chi connectivity index (χ1) is 7.90. The number of hydrogen-bond acceptors (Lipinski definition) is 2. The van der Waals surface area contributed by atoms with Gasteiger partial charge in [0.05, 0.1) is 6.10 Å². The van der Waals surface area contributed by atoms with Gasteiger partial charge in [0.15, 0.2) is 0 Å². The zero-order chi connectivity index (χ0) is 11.0. The van der Waals surface area contributed by atoms with Gasteiger partial charge >= 0.3 is 0 Å². The molecule has 16 heavy (non-hydrogen) atoms. The predicted octanol–water partition coefficient (Wildman–Crippen LogP) is 2.57. The zero-order valence-corrected chi connectivity index (χ0v) is 10.1. The summed E-state index contributed by atoms with van der Waals surface area (Å²) in [6.07, 6.45) is 8.09. The number of allylic oxidation sites excluding steroid dienone is 3. The van der Waals surface area contributed by atoms with Crippen molar-refractivity contribution >= 4 is 0 Å². The fraction of sp³-hybridized carbons (Fsp3) is 0.714. The highest BCUT2D eigenvalue weighted by Gasteiger charge is 2.32. The molecule has 3 rings (SSSR count). The van der Waals surface area contributed by atoms with Crippen molar-refractivity contribution in [2.75, 3.05) is 20.2 Å². The lowest BCUT2D eigenvalue weighted by atomic mass is 9.96. The molecule has 0 saturated carbocycles. The van der Waals surface area contributed by atoms with Crippen LogP contribution in [0.5, 0.6) is 0 Å². The summed E-state index contributed by atoms with van der Waals surface area (Å²) in [7, 11) is 2.02. The van der Waals surface area contributed by atoms with Crippen LogP contribution in [-0.2, 0) is 4.74 Å². The van der Waals surface area contributed by atoms with Crippen LogP contribution >= 0.6 is 0 Å². The molecule has 0 radical (unpaired) electrons. The molecule has 2 aliphatic carbocycles. The molecule has 2 nitrogen and oxygen atoms in total. The van der Waals surface area contributed by atoms with E-state index in [1.54, 1.807) is 22.3 Å². The fourth-order valence-electron chi connectivity index (χ4n) is 3.46. The minimum Gasteiger partial charge on any atom is -0.372 e. The van der Waals surface area contributed by atoms with E-state index in [-0.39, 0.29) is 0 Å². The van der Waals surface area contributed by atoms with Gasteiger partial charge in [-0.25, -0.2) is 0 Å². The first kappa shape index (κ1) is 10.5. The summed E-state index contributed by atoms with van der Waals surface area (Å²) < 4.78 is 5.98. The van der Waals surface area contributed by atoms with Gasteiger partial charge < -0.3 is 10.1 Å². The van der Waals surface area contributed by atoms with Crippen LogP contribution in [0.2, 0.25) is 0 Å². The Morgan fingerprint density at radius 3 is 2.94 bits per heavy atom. The maximum atomic E-state index is 5.98. The molecule has 1 N–H and O–H groups in total. The molecule has 88 valence electrons. The van der Waals surface area contributed by atoms with Gasteiger partial charge in [0.1, 0.15) is 0 Å². The SMILES string of the molecule is CNCC1OCCCC2=C1CC1=C2CCC1. The van der Waals surface area contributed by atoms with Gasteiger partial charge in [-0.1, -0.05) is 5.57 Å². The van der Waals surface area contributed by atoms with Crippen molar-refractivity contribution in [1.82, 2.24) is 5.32 Å². The van der Waals surface area contributed by atoms with Crippen LogP contribution in [0.15, 0.2) is 22.3 Å². The van der Waals surface area contributed by atoms with Crippen LogP contribution in [-0.4, -0.2) is 26.3 Å². The predicted molar refractivity (Wildman–Crippen MR) is 65.4 cm³/mol. The molecule has 2 heteroatoms. The minimum absolute atomic E-state index is 0.341. The minimum atomic E-state index is 0.341. The molecule has 0 amide bonds. The Kier molecular flexibility index (Phi) is 2.86. The Morgan fingerprint density at radius 2 is 2.06 bits per heavy atom. The van der Waals surface area contributed by atoms with Crippen LogP contribution in [0, 0.1) is 0 Å². The van der Waals surface area contributed by atoms with E-state index in [4.69, 9.17) is 4.74 Å². The molecule has 3 aliphatic rings. The molecule has 1 aliphatic heterocycles. The molecule has 1 heterocycles. The number of rotatable bonds is 2. The number of ether oxygens (including phenoxy) is 1. The van der Waals surface area contributed by atoms with Crippen molar-refractivity contribution in [3.8, 4) is 0 Å². The Balaban J connectivity index is 1.88. The summed E-state index contributed by atoms with van der Waals surface area (Å²) >= 11 is 0. The molecule has 0 saturated heterocycles. The van der Waals surface area contributed by atoms with Crippen molar-refractivity contribution in [2.24, 2.45) is 0 Å².